The summed E-state index contributed by atoms with van der Waals surface area (Å²) in [6.45, 7) is 2.17. The van der Waals surface area contributed by atoms with E-state index >= 15 is 0 Å². The third-order valence-electron chi connectivity index (χ3n) is 4.67. The van der Waals surface area contributed by atoms with Gasteiger partial charge in [0.1, 0.15) is 12.3 Å². The molecule has 1 N–H and O–H groups in total. The van der Waals surface area contributed by atoms with E-state index in [0.717, 1.165) is 16.3 Å². The fourth-order valence-corrected chi connectivity index (χ4v) is 3.24. The number of fused-ring (bicyclic) bond motifs is 1. The highest BCUT2D eigenvalue weighted by Gasteiger charge is 2.11. The molecule has 6 nitrogen and oxygen atoms in total. The fourth-order valence-electron chi connectivity index (χ4n) is 3.24. The second-order valence-corrected chi connectivity index (χ2v) is 6.75. The molecule has 0 saturated carbocycles. The van der Waals surface area contributed by atoms with Gasteiger partial charge in [0.05, 0.1) is 18.0 Å². The maximum Gasteiger partial charge on any atom is 0.267 e. The minimum atomic E-state index is -0.354. The quantitative estimate of drug-likeness (QED) is 0.530. The van der Waals surface area contributed by atoms with Crippen molar-refractivity contribution in [2.24, 2.45) is 0 Å². The number of para-hydroxylation sites is 2. The maximum absolute atomic E-state index is 12.5. The number of aromatic nitrogens is 2. The summed E-state index contributed by atoms with van der Waals surface area (Å²) in [5.41, 5.74) is 1.73. The molecule has 30 heavy (non-hydrogen) atoms. The summed E-state index contributed by atoms with van der Waals surface area (Å²) in [6.07, 6.45) is 0. The van der Waals surface area contributed by atoms with Crippen molar-refractivity contribution in [3.63, 3.8) is 0 Å². The number of nitrogens with one attached hydrogen (secondary N) is 1. The number of carbonyl (C=O) groups excluding carboxylic acids is 1. The van der Waals surface area contributed by atoms with Crippen LogP contribution in [-0.2, 0) is 11.3 Å². The smallest absolute Gasteiger partial charge is 0.267 e. The highest BCUT2D eigenvalue weighted by Crippen LogP contribution is 2.24. The van der Waals surface area contributed by atoms with Gasteiger partial charge < -0.3 is 10.1 Å². The van der Waals surface area contributed by atoms with E-state index < -0.39 is 0 Å². The van der Waals surface area contributed by atoms with Crippen molar-refractivity contribution in [1.29, 1.82) is 0 Å². The Balaban J connectivity index is 1.57. The molecule has 0 radical (unpaired) electrons. The zero-order valence-electron chi connectivity index (χ0n) is 16.5. The van der Waals surface area contributed by atoms with E-state index in [4.69, 9.17) is 4.74 Å². The summed E-state index contributed by atoms with van der Waals surface area (Å²) in [7, 11) is 0. The van der Waals surface area contributed by atoms with E-state index in [1.807, 2.05) is 61.5 Å². The van der Waals surface area contributed by atoms with Crippen LogP contribution in [0.2, 0.25) is 0 Å². The lowest BCUT2D eigenvalue weighted by atomic mass is 10.1. The van der Waals surface area contributed by atoms with Crippen molar-refractivity contribution >= 4 is 22.4 Å². The molecule has 150 valence electrons. The third-order valence-corrected chi connectivity index (χ3v) is 4.67. The van der Waals surface area contributed by atoms with Crippen molar-refractivity contribution in [3.8, 4) is 17.0 Å². The molecule has 1 heterocycles. The zero-order valence-corrected chi connectivity index (χ0v) is 16.5. The summed E-state index contributed by atoms with van der Waals surface area (Å²) in [5, 5.41) is 9.40. The molecule has 0 spiro atoms. The first-order valence-corrected chi connectivity index (χ1v) is 9.73. The van der Waals surface area contributed by atoms with E-state index in [1.165, 1.54) is 10.7 Å². The van der Waals surface area contributed by atoms with Crippen LogP contribution in [0.3, 0.4) is 0 Å². The van der Waals surface area contributed by atoms with E-state index in [-0.39, 0.29) is 18.0 Å². The second kappa shape index (κ2) is 8.61. The Kier molecular flexibility index (Phi) is 5.57. The molecule has 0 atom stereocenters. The number of amides is 1. The number of ether oxygens (including phenoxy) is 1. The number of benzene rings is 3. The first-order chi connectivity index (χ1) is 14.6. The monoisotopic (exact) mass is 399 g/mol. The van der Waals surface area contributed by atoms with E-state index in [0.29, 0.717) is 23.7 Å². The zero-order chi connectivity index (χ0) is 20.9. The first kappa shape index (κ1) is 19.4. The van der Waals surface area contributed by atoms with Gasteiger partial charge in [-0.05, 0) is 42.0 Å². The lowest BCUT2D eigenvalue weighted by Gasteiger charge is -2.12. The van der Waals surface area contributed by atoms with Crippen LogP contribution >= 0.6 is 0 Å². The van der Waals surface area contributed by atoms with Crippen LogP contribution in [0.4, 0.5) is 5.69 Å². The van der Waals surface area contributed by atoms with Crippen molar-refractivity contribution in [1.82, 2.24) is 9.78 Å². The van der Waals surface area contributed by atoms with Gasteiger partial charge in [0.15, 0.2) is 0 Å². The van der Waals surface area contributed by atoms with Crippen molar-refractivity contribution in [2.75, 3.05) is 11.9 Å². The summed E-state index contributed by atoms with van der Waals surface area (Å²) >= 11 is 0. The molecule has 0 fully saturated rings. The maximum atomic E-state index is 12.5. The molecule has 3 aromatic carbocycles. The van der Waals surface area contributed by atoms with E-state index in [1.54, 1.807) is 18.2 Å². The van der Waals surface area contributed by atoms with Gasteiger partial charge >= 0.3 is 0 Å². The van der Waals surface area contributed by atoms with Crippen molar-refractivity contribution in [2.45, 2.75) is 13.5 Å². The number of carbonyl (C=O) groups is 1. The molecule has 0 aliphatic rings. The molecule has 4 aromatic rings. The average Bonchev–Trinajstić information content (AvgIpc) is 2.76. The van der Waals surface area contributed by atoms with Gasteiger partial charge in [0, 0.05) is 11.6 Å². The number of rotatable bonds is 6. The molecule has 1 aromatic heterocycles. The van der Waals surface area contributed by atoms with Gasteiger partial charge in [0.2, 0.25) is 5.91 Å². The highest BCUT2D eigenvalue weighted by molar-refractivity contribution is 5.92. The first-order valence-electron chi connectivity index (χ1n) is 9.73. The normalized spacial score (nSPS) is 10.7. The van der Waals surface area contributed by atoms with Gasteiger partial charge in [-0.3, -0.25) is 9.59 Å². The van der Waals surface area contributed by atoms with Crippen LogP contribution < -0.4 is 15.6 Å². The van der Waals surface area contributed by atoms with Crippen LogP contribution in [0.5, 0.6) is 5.75 Å². The minimum absolute atomic E-state index is 0.194. The molecular formula is C24H21N3O3. The lowest BCUT2D eigenvalue weighted by Crippen LogP contribution is -2.29. The molecule has 6 heteroatoms. The summed E-state index contributed by atoms with van der Waals surface area (Å²) in [4.78, 5) is 24.8. The third kappa shape index (κ3) is 4.22. The lowest BCUT2D eigenvalue weighted by molar-refractivity contribution is -0.117. The van der Waals surface area contributed by atoms with Crippen molar-refractivity contribution < 1.29 is 9.53 Å². The van der Waals surface area contributed by atoms with Gasteiger partial charge in [-0.15, -0.1) is 0 Å². The number of nitrogens with zero attached hydrogens (tertiary/aromatic N) is 2. The number of hydrogen-bond donors (Lipinski definition) is 1. The molecule has 0 saturated heterocycles. The van der Waals surface area contributed by atoms with Gasteiger partial charge in [-0.1, -0.05) is 48.5 Å². The summed E-state index contributed by atoms with van der Waals surface area (Å²) in [5.74, 6) is 0.228. The standard InChI is InChI=1S/C24H21N3O3/c1-2-30-22-10-6-5-9-21(22)25-23(28)16-27-24(29)14-13-20(26-27)19-12-11-17-7-3-4-8-18(17)15-19/h3-15H,2,16H2,1H3,(H,25,28). The van der Waals surface area contributed by atoms with Crippen LogP contribution in [0.15, 0.2) is 83.7 Å². The van der Waals surface area contributed by atoms with Gasteiger partial charge in [0.25, 0.3) is 5.56 Å². The Morgan fingerprint density at radius 3 is 2.57 bits per heavy atom. The highest BCUT2D eigenvalue weighted by atomic mass is 16.5. The SMILES string of the molecule is CCOc1ccccc1NC(=O)Cn1nc(-c2ccc3ccccc3c2)ccc1=O. The van der Waals surface area contributed by atoms with Crippen LogP contribution in [0, 0.1) is 0 Å². The second-order valence-electron chi connectivity index (χ2n) is 6.75. The molecule has 1 amide bonds. The topological polar surface area (TPSA) is 73.2 Å². The van der Waals surface area contributed by atoms with Crippen LogP contribution in [0.25, 0.3) is 22.0 Å². The summed E-state index contributed by atoms with van der Waals surface area (Å²) in [6, 6.07) is 24.3. The Labute approximate surface area is 173 Å². The average molecular weight is 399 g/mol. The van der Waals surface area contributed by atoms with Gasteiger partial charge in [-0.2, -0.15) is 5.10 Å². The van der Waals surface area contributed by atoms with Crippen molar-refractivity contribution in [3.05, 3.63) is 89.2 Å². The molecule has 4 rings (SSSR count). The fraction of sp³-hybridized carbons (Fsp3) is 0.125. The minimum Gasteiger partial charge on any atom is -0.492 e. The summed E-state index contributed by atoms with van der Waals surface area (Å²) < 4.78 is 6.69. The molecule has 0 aliphatic carbocycles. The Morgan fingerprint density at radius 1 is 0.967 bits per heavy atom. The van der Waals surface area contributed by atoms with Gasteiger partial charge in [-0.25, -0.2) is 4.68 Å². The molecule has 0 aliphatic heterocycles. The Morgan fingerprint density at radius 2 is 1.73 bits per heavy atom. The van der Waals surface area contributed by atoms with E-state index in [2.05, 4.69) is 10.4 Å². The molecule has 0 bridgehead atoms. The Hall–Kier alpha value is -3.93. The Bertz CT molecular complexity index is 1260. The number of anilines is 1. The van der Waals surface area contributed by atoms with E-state index in [9.17, 15) is 9.59 Å². The predicted octanol–water partition coefficient (Wildman–Crippen LogP) is 4.10. The van der Waals surface area contributed by atoms with Crippen LogP contribution in [-0.4, -0.2) is 22.3 Å². The van der Waals surface area contributed by atoms with Crippen LogP contribution in [0.1, 0.15) is 6.92 Å². The predicted molar refractivity (Wildman–Crippen MR) is 118 cm³/mol. The largest absolute Gasteiger partial charge is 0.492 e. The molecule has 0 unspecified atom stereocenters. The molecular weight excluding hydrogens is 378 g/mol. The number of hydrogen-bond acceptors (Lipinski definition) is 4.